The number of carboxylic acid groups (broad SMARTS) is 1. The summed E-state index contributed by atoms with van der Waals surface area (Å²) in [6.45, 7) is 13.1. The van der Waals surface area contributed by atoms with Gasteiger partial charge in [0.15, 0.2) is 0 Å². The van der Waals surface area contributed by atoms with E-state index in [0.717, 1.165) is 0 Å². The first-order valence-corrected chi connectivity index (χ1v) is 7.69. The van der Waals surface area contributed by atoms with Crippen molar-refractivity contribution in [3.8, 4) is 0 Å². The van der Waals surface area contributed by atoms with Gasteiger partial charge in [0, 0.05) is 6.54 Å². The molecule has 0 aliphatic carbocycles. The van der Waals surface area contributed by atoms with E-state index >= 15 is 0 Å². The standard InChI is InChI=1S/C16H31NO6/c1-14(2,3)23-13(20)17-9-8-15(4,5)22-11-16(6,7)21-10-12(18)19/h8-11H2,1-7H3,(H,17,20)(H,18,19). The van der Waals surface area contributed by atoms with Gasteiger partial charge in [0.05, 0.1) is 17.8 Å². The van der Waals surface area contributed by atoms with Gasteiger partial charge >= 0.3 is 12.1 Å². The number of nitrogens with one attached hydrogen (secondary N) is 1. The third-order valence-electron chi connectivity index (χ3n) is 2.79. The molecule has 2 N–H and O–H groups in total. The molecule has 0 spiro atoms. The fraction of sp³-hybridized carbons (Fsp3) is 0.875. The van der Waals surface area contributed by atoms with Crippen LogP contribution in [0.2, 0.25) is 0 Å². The van der Waals surface area contributed by atoms with Crippen molar-refractivity contribution in [2.45, 2.75) is 71.7 Å². The summed E-state index contributed by atoms with van der Waals surface area (Å²) in [6, 6.07) is 0. The summed E-state index contributed by atoms with van der Waals surface area (Å²) in [5.41, 5.74) is -1.71. The highest BCUT2D eigenvalue weighted by Gasteiger charge is 2.26. The Labute approximate surface area is 138 Å². The smallest absolute Gasteiger partial charge is 0.407 e. The maximum absolute atomic E-state index is 11.6. The van der Waals surface area contributed by atoms with Gasteiger partial charge < -0.3 is 24.6 Å². The van der Waals surface area contributed by atoms with Crippen LogP contribution in [0, 0.1) is 0 Å². The Hall–Kier alpha value is -1.34. The average molecular weight is 333 g/mol. The second kappa shape index (κ2) is 8.49. The summed E-state index contributed by atoms with van der Waals surface area (Å²) in [5, 5.41) is 11.3. The van der Waals surface area contributed by atoms with Crippen LogP contribution in [0.4, 0.5) is 4.79 Å². The summed E-state index contributed by atoms with van der Waals surface area (Å²) in [4.78, 5) is 22.1. The molecule has 0 bridgehead atoms. The Morgan fingerprint density at radius 1 is 0.957 bits per heavy atom. The molecule has 0 aliphatic heterocycles. The lowest BCUT2D eigenvalue weighted by Crippen LogP contribution is -2.40. The highest BCUT2D eigenvalue weighted by Crippen LogP contribution is 2.19. The first-order valence-electron chi connectivity index (χ1n) is 7.69. The zero-order valence-electron chi connectivity index (χ0n) is 15.3. The van der Waals surface area contributed by atoms with Gasteiger partial charge in [-0.25, -0.2) is 9.59 Å². The lowest BCUT2D eigenvalue weighted by atomic mass is 10.0. The maximum Gasteiger partial charge on any atom is 0.407 e. The van der Waals surface area contributed by atoms with E-state index in [4.69, 9.17) is 19.3 Å². The van der Waals surface area contributed by atoms with Crippen LogP contribution in [-0.2, 0) is 19.0 Å². The number of rotatable bonds is 9. The summed E-state index contributed by atoms with van der Waals surface area (Å²) in [7, 11) is 0. The second-order valence-corrected chi connectivity index (χ2v) is 7.67. The van der Waals surface area contributed by atoms with Crippen molar-refractivity contribution in [1.29, 1.82) is 0 Å². The van der Waals surface area contributed by atoms with Crippen molar-refractivity contribution >= 4 is 12.1 Å². The molecule has 7 heteroatoms. The molecule has 0 unspecified atom stereocenters. The van der Waals surface area contributed by atoms with E-state index in [-0.39, 0.29) is 13.2 Å². The Balaban J connectivity index is 4.14. The zero-order chi connectivity index (χ0) is 18.3. The number of alkyl carbamates (subject to hydrolysis) is 1. The van der Waals surface area contributed by atoms with E-state index in [9.17, 15) is 9.59 Å². The molecule has 0 saturated heterocycles. The highest BCUT2D eigenvalue weighted by atomic mass is 16.6. The molecule has 0 saturated carbocycles. The number of amides is 1. The summed E-state index contributed by atoms with van der Waals surface area (Å²) >= 11 is 0. The first kappa shape index (κ1) is 21.7. The monoisotopic (exact) mass is 333 g/mol. The van der Waals surface area contributed by atoms with Crippen molar-refractivity contribution in [2.75, 3.05) is 19.8 Å². The molecular weight excluding hydrogens is 302 g/mol. The molecule has 0 aromatic carbocycles. The molecule has 0 aromatic rings. The van der Waals surface area contributed by atoms with Crippen LogP contribution >= 0.6 is 0 Å². The average Bonchev–Trinajstić information content (AvgIpc) is 2.32. The van der Waals surface area contributed by atoms with Gasteiger partial charge in [0.1, 0.15) is 12.2 Å². The Kier molecular flexibility index (Phi) is 8.00. The number of carbonyl (C=O) groups is 2. The first-order chi connectivity index (χ1) is 10.2. The second-order valence-electron chi connectivity index (χ2n) is 7.67. The molecule has 7 nitrogen and oxygen atoms in total. The van der Waals surface area contributed by atoms with Crippen molar-refractivity contribution < 1.29 is 28.9 Å². The van der Waals surface area contributed by atoms with Crippen molar-refractivity contribution in [3.63, 3.8) is 0 Å². The number of hydrogen-bond acceptors (Lipinski definition) is 5. The third-order valence-corrected chi connectivity index (χ3v) is 2.79. The van der Waals surface area contributed by atoms with E-state index in [1.165, 1.54) is 0 Å². The summed E-state index contributed by atoms with van der Waals surface area (Å²) in [5.74, 6) is -1.01. The molecule has 0 aromatic heterocycles. The van der Waals surface area contributed by atoms with Gasteiger partial charge in [-0.3, -0.25) is 0 Å². The van der Waals surface area contributed by atoms with Crippen LogP contribution in [0.5, 0.6) is 0 Å². The maximum atomic E-state index is 11.6. The lowest BCUT2D eigenvalue weighted by Gasteiger charge is -2.32. The number of carbonyl (C=O) groups excluding carboxylic acids is 1. The molecule has 0 radical (unpaired) electrons. The minimum atomic E-state index is -1.01. The summed E-state index contributed by atoms with van der Waals surface area (Å²) in [6.07, 6.45) is 0.125. The van der Waals surface area contributed by atoms with Gasteiger partial charge in [0.25, 0.3) is 0 Å². The fourth-order valence-corrected chi connectivity index (χ4v) is 1.52. The van der Waals surface area contributed by atoms with Gasteiger partial charge in [-0.2, -0.15) is 0 Å². The topological polar surface area (TPSA) is 94.1 Å². The Bertz CT molecular complexity index is 398. The SMILES string of the molecule is CC(C)(C)OC(=O)NCCC(C)(C)OCC(C)(C)OCC(=O)O. The third kappa shape index (κ3) is 12.9. The van der Waals surface area contributed by atoms with Gasteiger partial charge in [0.2, 0.25) is 0 Å². The molecule has 136 valence electrons. The highest BCUT2D eigenvalue weighted by molar-refractivity contribution is 5.68. The fourth-order valence-electron chi connectivity index (χ4n) is 1.52. The number of aliphatic carboxylic acids is 1. The van der Waals surface area contributed by atoms with E-state index < -0.39 is 28.9 Å². The largest absolute Gasteiger partial charge is 0.480 e. The molecule has 0 fully saturated rings. The van der Waals surface area contributed by atoms with Crippen LogP contribution in [0.25, 0.3) is 0 Å². The molecule has 0 aliphatic rings. The van der Waals surface area contributed by atoms with E-state index in [1.54, 1.807) is 34.6 Å². The van der Waals surface area contributed by atoms with Crippen molar-refractivity contribution in [2.24, 2.45) is 0 Å². The molecule has 0 heterocycles. The number of carboxylic acids is 1. The number of ether oxygens (including phenoxy) is 3. The molecule has 23 heavy (non-hydrogen) atoms. The predicted octanol–water partition coefficient (Wildman–Crippen LogP) is 2.58. The molecule has 0 atom stereocenters. The van der Waals surface area contributed by atoms with Crippen LogP contribution in [0.3, 0.4) is 0 Å². The van der Waals surface area contributed by atoms with Crippen molar-refractivity contribution in [1.82, 2.24) is 5.32 Å². The minimum Gasteiger partial charge on any atom is -0.480 e. The van der Waals surface area contributed by atoms with Crippen LogP contribution in [-0.4, -0.2) is 53.7 Å². The van der Waals surface area contributed by atoms with Gasteiger partial charge in [-0.1, -0.05) is 0 Å². The Morgan fingerprint density at radius 3 is 2.00 bits per heavy atom. The van der Waals surface area contributed by atoms with E-state index in [0.29, 0.717) is 13.0 Å². The Morgan fingerprint density at radius 2 is 1.52 bits per heavy atom. The van der Waals surface area contributed by atoms with Gasteiger partial charge in [-0.05, 0) is 54.9 Å². The van der Waals surface area contributed by atoms with Crippen LogP contribution in [0.1, 0.15) is 54.9 Å². The van der Waals surface area contributed by atoms with E-state index in [1.807, 2.05) is 13.8 Å². The van der Waals surface area contributed by atoms with Crippen LogP contribution in [0.15, 0.2) is 0 Å². The quantitative estimate of drug-likeness (QED) is 0.673. The predicted molar refractivity (Wildman–Crippen MR) is 86.6 cm³/mol. The lowest BCUT2D eigenvalue weighted by molar-refractivity contribution is -0.157. The normalized spacial score (nSPS) is 12.8. The summed E-state index contributed by atoms with van der Waals surface area (Å²) < 4.78 is 16.2. The molecule has 1 amide bonds. The molecular formula is C16H31NO6. The van der Waals surface area contributed by atoms with E-state index in [2.05, 4.69) is 5.32 Å². The number of hydrogen-bond donors (Lipinski definition) is 2. The van der Waals surface area contributed by atoms with Crippen LogP contribution < -0.4 is 5.32 Å². The minimum absolute atomic E-state index is 0.250. The van der Waals surface area contributed by atoms with Gasteiger partial charge in [-0.15, -0.1) is 0 Å². The zero-order valence-corrected chi connectivity index (χ0v) is 15.3. The molecule has 0 rings (SSSR count). The van der Waals surface area contributed by atoms with Crippen molar-refractivity contribution in [3.05, 3.63) is 0 Å².